The third kappa shape index (κ3) is 5.44. The zero-order chi connectivity index (χ0) is 18.9. The van der Waals surface area contributed by atoms with Crippen molar-refractivity contribution in [2.45, 2.75) is 12.3 Å². The molecule has 26 heavy (non-hydrogen) atoms. The highest BCUT2D eigenvalue weighted by atomic mass is 19.1. The topological polar surface area (TPSA) is 110 Å². The minimum atomic E-state index is -0.585. The van der Waals surface area contributed by atoms with Crippen molar-refractivity contribution in [1.82, 2.24) is 4.98 Å². The van der Waals surface area contributed by atoms with Gasteiger partial charge in [0.1, 0.15) is 11.4 Å². The van der Waals surface area contributed by atoms with E-state index in [1.807, 2.05) is 0 Å². The van der Waals surface area contributed by atoms with Crippen LogP contribution in [0.4, 0.5) is 10.1 Å². The second-order valence-corrected chi connectivity index (χ2v) is 5.52. The number of hydrogen-bond donors (Lipinski definition) is 3. The Labute approximate surface area is 150 Å². The van der Waals surface area contributed by atoms with E-state index in [0.717, 1.165) is 5.56 Å². The van der Waals surface area contributed by atoms with Gasteiger partial charge in [-0.3, -0.25) is 14.6 Å². The van der Waals surface area contributed by atoms with Crippen LogP contribution in [-0.2, 0) is 4.74 Å². The number of nitrogens with zero attached hydrogens (tertiary/aromatic N) is 1. The zero-order valence-electron chi connectivity index (χ0n) is 14.4. The van der Waals surface area contributed by atoms with Crippen molar-refractivity contribution in [3.05, 3.63) is 53.9 Å². The van der Waals surface area contributed by atoms with E-state index in [2.05, 4.69) is 10.3 Å². The predicted octanol–water partition coefficient (Wildman–Crippen LogP) is 2.70. The molecule has 2 aromatic rings. The van der Waals surface area contributed by atoms with E-state index in [-0.39, 0.29) is 18.2 Å². The Morgan fingerprint density at radius 1 is 1.38 bits per heavy atom. The van der Waals surface area contributed by atoms with Gasteiger partial charge in [-0.2, -0.15) is 0 Å². The van der Waals surface area contributed by atoms with Crippen molar-refractivity contribution in [1.29, 1.82) is 5.41 Å². The quantitative estimate of drug-likeness (QED) is 0.495. The lowest BCUT2D eigenvalue weighted by Gasteiger charge is -2.15. The van der Waals surface area contributed by atoms with Crippen LogP contribution in [0.2, 0.25) is 0 Å². The molecule has 0 aliphatic heterocycles. The summed E-state index contributed by atoms with van der Waals surface area (Å²) < 4.78 is 23.2. The van der Waals surface area contributed by atoms with Gasteiger partial charge in [-0.15, -0.1) is 0 Å². The van der Waals surface area contributed by atoms with E-state index >= 15 is 0 Å². The minimum absolute atomic E-state index is 0.149. The summed E-state index contributed by atoms with van der Waals surface area (Å²) in [7, 11) is 1.52. The molecule has 138 valence electrons. The fraction of sp³-hybridized carbons (Fsp3) is 0.278. The van der Waals surface area contributed by atoms with Crippen LogP contribution in [0.5, 0.6) is 5.75 Å². The average Bonchev–Trinajstić information content (AvgIpc) is 2.65. The molecule has 0 saturated heterocycles. The summed E-state index contributed by atoms with van der Waals surface area (Å²) in [4.78, 5) is 16.3. The van der Waals surface area contributed by atoms with Crippen molar-refractivity contribution < 1.29 is 18.7 Å². The van der Waals surface area contributed by atoms with Crippen LogP contribution >= 0.6 is 0 Å². The van der Waals surface area contributed by atoms with Crippen LogP contribution in [-0.4, -0.2) is 37.3 Å². The highest BCUT2D eigenvalue weighted by Gasteiger charge is 2.14. The second-order valence-electron chi connectivity index (χ2n) is 5.52. The van der Waals surface area contributed by atoms with Crippen LogP contribution in [0.1, 0.15) is 28.4 Å². The molecule has 4 N–H and O–H groups in total. The van der Waals surface area contributed by atoms with E-state index in [4.69, 9.17) is 20.6 Å². The Morgan fingerprint density at radius 2 is 2.19 bits per heavy atom. The molecule has 0 bridgehead atoms. The van der Waals surface area contributed by atoms with E-state index < -0.39 is 18.6 Å². The molecule has 0 aliphatic rings. The number of carbonyl (C=O) groups is 1. The molecular weight excluding hydrogens is 339 g/mol. The van der Waals surface area contributed by atoms with Gasteiger partial charge in [0.05, 0.1) is 26.6 Å². The van der Waals surface area contributed by atoms with Crippen LogP contribution in [0.3, 0.4) is 0 Å². The number of nitrogens with one attached hydrogen (secondary N) is 2. The van der Waals surface area contributed by atoms with Gasteiger partial charge in [0, 0.05) is 11.6 Å². The number of methoxy groups -OCH3 is 1. The Hall–Kier alpha value is -3.16. The molecule has 1 aromatic carbocycles. The number of benzene rings is 1. The standard InChI is InChI=1S/C18H21FN4O3/c1-25-15-5-6-16(22-11-15)17(24)23-14-4-2-3-12(9-14)13(10-19)7-8-26-18(20)21/h2-6,9,11,13H,7-8,10H2,1H3,(H3,20,21)(H,23,24)/t13-/m0/s1. The maximum Gasteiger partial charge on any atom is 0.278 e. The van der Waals surface area contributed by atoms with Crippen LogP contribution in [0.15, 0.2) is 42.6 Å². The summed E-state index contributed by atoms with van der Waals surface area (Å²) in [6.45, 7) is -0.436. The van der Waals surface area contributed by atoms with Crippen molar-refractivity contribution in [3.63, 3.8) is 0 Å². The third-order valence-corrected chi connectivity index (χ3v) is 3.73. The van der Waals surface area contributed by atoms with Gasteiger partial charge < -0.3 is 20.5 Å². The summed E-state index contributed by atoms with van der Waals surface area (Å²) in [6.07, 6.45) is 1.83. The molecule has 1 amide bonds. The molecule has 1 heterocycles. The summed E-state index contributed by atoms with van der Waals surface area (Å²) in [5, 5.41) is 9.76. The molecule has 1 aromatic heterocycles. The predicted molar refractivity (Wildman–Crippen MR) is 96.4 cm³/mol. The number of halogens is 1. The maximum atomic E-state index is 13.3. The molecule has 1 atom stereocenters. The summed E-state index contributed by atoms with van der Waals surface area (Å²) in [5.41, 5.74) is 6.62. The normalized spacial score (nSPS) is 11.5. The Bertz CT molecular complexity index is 752. The van der Waals surface area contributed by atoms with Gasteiger partial charge in [-0.1, -0.05) is 12.1 Å². The number of alkyl halides is 1. The summed E-state index contributed by atoms with van der Waals surface area (Å²) in [5.74, 6) is -0.228. The first-order valence-corrected chi connectivity index (χ1v) is 7.97. The Morgan fingerprint density at radius 3 is 2.81 bits per heavy atom. The number of aromatic nitrogens is 1. The fourth-order valence-corrected chi connectivity index (χ4v) is 2.34. The minimum Gasteiger partial charge on any atom is -0.495 e. The van der Waals surface area contributed by atoms with E-state index in [0.29, 0.717) is 17.9 Å². The second kappa shape index (κ2) is 9.36. The van der Waals surface area contributed by atoms with Crippen LogP contribution in [0, 0.1) is 5.41 Å². The van der Waals surface area contributed by atoms with Crippen molar-refractivity contribution in [2.24, 2.45) is 5.73 Å². The van der Waals surface area contributed by atoms with Gasteiger partial charge in [-0.25, -0.2) is 4.98 Å². The third-order valence-electron chi connectivity index (χ3n) is 3.73. The van der Waals surface area contributed by atoms with Crippen LogP contribution in [0.25, 0.3) is 0 Å². The van der Waals surface area contributed by atoms with Gasteiger partial charge in [0.2, 0.25) is 0 Å². The Kier molecular flexibility index (Phi) is 6.90. The highest BCUT2D eigenvalue weighted by molar-refractivity contribution is 6.02. The first-order valence-electron chi connectivity index (χ1n) is 7.97. The average molecular weight is 360 g/mol. The van der Waals surface area contributed by atoms with Crippen molar-refractivity contribution in [2.75, 3.05) is 25.7 Å². The molecule has 0 fully saturated rings. The highest BCUT2D eigenvalue weighted by Crippen LogP contribution is 2.23. The number of rotatable bonds is 8. The van der Waals surface area contributed by atoms with E-state index in [9.17, 15) is 9.18 Å². The maximum absolute atomic E-state index is 13.3. The zero-order valence-corrected chi connectivity index (χ0v) is 14.4. The number of amidine groups is 1. The molecule has 7 nitrogen and oxygen atoms in total. The number of pyridine rings is 1. The van der Waals surface area contributed by atoms with Gasteiger partial charge in [0.25, 0.3) is 11.9 Å². The molecule has 0 radical (unpaired) electrons. The van der Waals surface area contributed by atoms with E-state index in [1.54, 1.807) is 36.4 Å². The molecule has 0 unspecified atom stereocenters. The lowest BCUT2D eigenvalue weighted by atomic mass is 9.97. The largest absolute Gasteiger partial charge is 0.495 e. The molecule has 0 spiro atoms. The molecular formula is C18H21FN4O3. The number of amides is 1. The van der Waals surface area contributed by atoms with Crippen LogP contribution < -0.4 is 15.8 Å². The number of nitrogens with two attached hydrogens (primary N) is 1. The fourth-order valence-electron chi connectivity index (χ4n) is 2.34. The molecule has 8 heteroatoms. The number of ether oxygens (including phenoxy) is 2. The first-order chi connectivity index (χ1) is 12.5. The first kappa shape index (κ1) is 19.2. The van der Waals surface area contributed by atoms with Crippen molar-refractivity contribution >= 4 is 17.6 Å². The summed E-state index contributed by atoms with van der Waals surface area (Å²) in [6, 6.07) is 9.75. The number of carbonyl (C=O) groups excluding carboxylic acids is 1. The van der Waals surface area contributed by atoms with Gasteiger partial charge >= 0.3 is 0 Å². The lowest BCUT2D eigenvalue weighted by molar-refractivity contribution is 0.102. The van der Waals surface area contributed by atoms with Gasteiger partial charge in [0.15, 0.2) is 0 Å². The SMILES string of the molecule is COc1ccc(C(=O)Nc2cccc([C@H](CF)CCOC(=N)N)c2)nc1. The number of anilines is 1. The van der Waals surface area contributed by atoms with Crippen molar-refractivity contribution in [3.8, 4) is 5.75 Å². The number of hydrogen-bond acceptors (Lipinski definition) is 5. The lowest BCUT2D eigenvalue weighted by Crippen LogP contribution is -2.17. The molecule has 2 rings (SSSR count). The smallest absolute Gasteiger partial charge is 0.278 e. The molecule has 0 aliphatic carbocycles. The van der Waals surface area contributed by atoms with E-state index in [1.165, 1.54) is 13.3 Å². The summed E-state index contributed by atoms with van der Waals surface area (Å²) >= 11 is 0. The molecule has 0 saturated carbocycles. The van der Waals surface area contributed by atoms with Gasteiger partial charge in [-0.05, 0) is 36.2 Å². The Balaban J connectivity index is 2.04. The monoisotopic (exact) mass is 360 g/mol.